The van der Waals surface area contributed by atoms with Crippen LogP contribution in [0.1, 0.15) is 25.2 Å². The molecule has 1 heterocycles. The molecule has 2 aromatic rings. The molecular formula is C14H19N3O3. The van der Waals surface area contributed by atoms with E-state index in [2.05, 4.69) is 10.3 Å². The molecule has 0 aliphatic carbocycles. The Labute approximate surface area is 117 Å². The van der Waals surface area contributed by atoms with E-state index in [1.54, 1.807) is 4.68 Å². The molecule has 0 unspecified atom stereocenters. The first-order valence-electron chi connectivity index (χ1n) is 6.66. The van der Waals surface area contributed by atoms with E-state index in [0.717, 1.165) is 17.2 Å². The Morgan fingerprint density at radius 1 is 1.10 bits per heavy atom. The zero-order chi connectivity index (χ0) is 14.4. The first-order valence-corrected chi connectivity index (χ1v) is 6.66. The van der Waals surface area contributed by atoms with Gasteiger partial charge in [-0.1, -0.05) is 5.21 Å². The molecule has 0 saturated carbocycles. The van der Waals surface area contributed by atoms with Crippen LogP contribution in [0, 0.1) is 0 Å². The fraction of sp³-hybridized carbons (Fsp3) is 0.429. The minimum Gasteiger partial charge on any atom is -0.494 e. The Hall–Kier alpha value is -2.08. The second-order valence-corrected chi connectivity index (χ2v) is 4.15. The number of aliphatic hydroxyl groups excluding tert-OH is 1. The van der Waals surface area contributed by atoms with Gasteiger partial charge in [-0.05, 0) is 38.1 Å². The third-order valence-electron chi connectivity index (χ3n) is 2.88. The summed E-state index contributed by atoms with van der Waals surface area (Å²) in [5.74, 6) is 1.55. The van der Waals surface area contributed by atoms with E-state index in [9.17, 15) is 5.11 Å². The maximum Gasteiger partial charge on any atom is 0.132 e. The van der Waals surface area contributed by atoms with Gasteiger partial charge in [0, 0.05) is 6.54 Å². The van der Waals surface area contributed by atoms with Crippen LogP contribution in [0.25, 0.3) is 0 Å². The molecule has 6 heteroatoms. The molecule has 0 atom stereocenters. The summed E-state index contributed by atoms with van der Waals surface area (Å²) in [6.07, 6.45) is 0. The highest BCUT2D eigenvalue weighted by atomic mass is 16.5. The van der Waals surface area contributed by atoms with Gasteiger partial charge in [-0.25, -0.2) is 4.68 Å². The Bertz CT molecular complexity index is 516. The number of aliphatic hydroxyl groups is 1. The van der Waals surface area contributed by atoms with Crippen molar-refractivity contribution in [3.8, 4) is 11.5 Å². The highest BCUT2D eigenvalue weighted by molar-refractivity contribution is 5.31. The Morgan fingerprint density at radius 2 is 1.75 bits per heavy atom. The summed E-state index contributed by atoms with van der Waals surface area (Å²) in [5.41, 5.74) is 1.35. The van der Waals surface area contributed by atoms with Gasteiger partial charge in [-0.2, -0.15) is 0 Å². The molecular weight excluding hydrogens is 258 g/mol. The van der Waals surface area contributed by atoms with Crippen LogP contribution in [0.4, 0.5) is 0 Å². The molecule has 108 valence electrons. The van der Waals surface area contributed by atoms with E-state index in [4.69, 9.17) is 9.47 Å². The van der Waals surface area contributed by atoms with Crippen molar-refractivity contribution >= 4 is 0 Å². The summed E-state index contributed by atoms with van der Waals surface area (Å²) >= 11 is 0. The molecule has 1 aromatic carbocycles. The van der Waals surface area contributed by atoms with Gasteiger partial charge in [0.15, 0.2) is 0 Å². The summed E-state index contributed by atoms with van der Waals surface area (Å²) in [5, 5.41) is 17.1. The van der Waals surface area contributed by atoms with Crippen molar-refractivity contribution in [2.75, 3.05) is 6.61 Å². The topological polar surface area (TPSA) is 69.4 Å². The van der Waals surface area contributed by atoms with Gasteiger partial charge in [0.25, 0.3) is 0 Å². The van der Waals surface area contributed by atoms with E-state index >= 15 is 0 Å². The third-order valence-corrected chi connectivity index (χ3v) is 2.88. The lowest BCUT2D eigenvalue weighted by molar-refractivity contribution is 0.261. The van der Waals surface area contributed by atoms with E-state index in [-0.39, 0.29) is 6.61 Å². The molecule has 0 aliphatic heterocycles. The third kappa shape index (κ3) is 3.27. The average molecular weight is 277 g/mol. The molecule has 0 amide bonds. The highest BCUT2D eigenvalue weighted by Gasteiger charge is 2.11. The molecule has 0 fully saturated rings. The van der Waals surface area contributed by atoms with E-state index < -0.39 is 0 Å². The molecule has 1 aromatic heterocycles. The number of aryl methyl sites for hydroxylation is 1. The smallest absolute Gasteiger partial charge is 0.132 e. The molecule has 0 bridgehead atoms. The SMILES string of the molecule is CCOc1ccc(OCc2c(CO)nnn2CC)cc1. The number of benzene rings is 1. The highest BCUT2D eigenvalue weighted by Crippen LogP contribution is 2.19. The van der Waals surface area contributed by atoms with Crippen LogP contribution in [-0.2, 0) is 19.8 Å². The molecule has 0 aliphatic rings. The van der Waals surface area contributed by atoms with Gasteiger partial charge >= 0.3 is 0 Å². The number of ether oxygens (including phenoxy) is 2. The van der Waals surface area contributed by atoms with Crippen molar-refractivity contribution in [1.82, 2.24) is 15.0 Å². The minimum atomic E-state index is -0.137. The van der Waals surface area contributed by atoms with Crippen LogP contribution >= 0.6 is 0 Å². The lowest BCUT2D eigenvalue weighted by Crippen LogP contribution is -2.08. The fourth-order valence-corrected chi connectivity index (χ4v) is 1.85. The van der Waals surface area contributed by atoms with Gasteiger partial charge in [0.1, 0.15) is 29.5 Å². The standard InChI is InChI=1S/C14H19N3O3/c1-3-17-14(13(9-18)15-16-17)10-20-12-7-5-11(6-8-12)19-4-2/h5-8,18H,3-4,9-10H2,1-2H3. The largest absolute Gasteiger partial charge is 0.494 e. The second-order valence-electron chi connectivity index (χ2n) is 4.15. The minimum absolute atomic E-state index is 0.137. The summed E-state index contributed by atoms with van der Waals surface area (Å²) in [6.45, 7) is 5.43. The maximum absolute atomic E-state index is 9.23. The Balaban J connectivity index is 2.02. The Morgan fingerprint density at radius 3 is 2.30 bits per heavy atom. The predicted octanol–water partition coefficient (Wildman–Crippen LogP) is 1.77. The van der Waals surface area contributed by atoms with Crippen molar-refractivity contribution < 1.29 is 14.6 Å². The number of hydrogen-bond donors (Lipinski definition) is 1. The zero-order valence-corrected chi connectivity index (χ0v) is 11.7. The van der Waals surface area contributed by atoms with Crippen molar-refractivity contribution in [2.45, 2.75) is 33.6 Å². The van der Waals surface area contributed by atoms with Crippen molar-refractivity contribution in [1.29, 1.82) is 0 Å². The summed E-state index contributed by atoms with van der Waals surface area (Å²) in [4.78, 5) is 0. The summed E-state index contributed by atoms with van der Waals surface area (Å²) in [6, 6.07) is 7.43. The first-order chi connectivity index (χ1) is 9.78. The number of nitrogens with zero attached hydrogens (tertiary/aromatic N) is 3. The van der Waals surface area contributed by atoms with Crippen LogP contribution < -0.4 is 9.47 Å². The van der Waals surface area contributed by atoms with Gasteiger partial charge in [-0.15, -0.1) is 5.10 Å². The lowest BCUT2D eigenvalue weighted by Gasteiger charge is -2.09. The molecule has 0 saturated heterocycles. The van der Waals surface area contributed by atoms with Gasteiger partial charge in [0.2, 0.25) is 0 Å². The Kier molecular flexibility index (Phi) is 4.95. The molecule has 20 heavy (non-hydrogen) atoms. The van der Waals surface area contributed by atoms with Crippen molar-refractivity contribution in [2.24, 2.45) is 0 Å². The molecule has 1 N–H and O–H groups in total. The maximum atomic E-state index is 9.23. The predicted molar refractivity (Wildman–Crippen MR) is 73.6 cm³/mol. The number of rotatable bonds is 7. The van der Waals surface area contributed by atoms with Crippen molar-refractivity contribution in [3.05, 3.63) is 35.7 Å². The van der Waals surface area contributed by atoms with Crippen LogP contribution in [0.5, 0.6) is 11.5 Å². The van der Waals surface area contributed by atoms with E-state index in [1.807, 2.05) is 38.1 Å². The van der Waals surface area contributed by atoms with Crippen LogP contribution in [0.15, 0.2) is 24.3 Å². The molecule has 0 spiro atoms. The van der Waals surface area contributed by atoms with Crippen LogP contribution in [-0.4, -0.2) is 26.7 Å². The fourth-order valence-electron chi connectivity index (χ4n) is 1.85. The quantitative estimate of drug-likeness (QED) is 0.835. The first kappa shape index (κ1) is 14.3. The number of hydrogen-bond acceptors (Lipinski definition) is 5. The lowest BCUT2D eigenvalue weighted by atomic mass is 10.3. The van der Waals surface area contributed by atoms with Gasteiger partial charge < -0.3 is 14.6 Å². The molecule has 0 radical (unpaired) electrons. The van der Waals surface area contributed by atoms with Gasteiger partial charge in [-0.3, -0.25) is 0 Å². The van der Waals surface area contributed by atoms with E-state index in [0.29, 0.717) is 25.5 Å². The van der Waals surface area contributed by atoms with Gasteiger partial charge in [0.05, 0.1) is 13.2 Å². The zero-order valence-electron chi connectivity index (χ0n) is 11.7. The molecule has 2 rings (SSSR count). The normalized spacial score (nSPS) is 10.6. The molecule has 6 nitrogen and oxygen atoms in total. The monoisotopic (exact) mass is 277 g/mol. The number of aromatic nitrogens is 3. The van der Waals surface area contributed by atoms with Crippen molar-refractivity contribution in [3.63, 3.8) is 0 Å². The van der Waals surface area contributed by atoms with E-state index in [1.165, 1.54) is 0 Å². The second kappa shape index (κ2) is 6.91. The van der Waals surface area contributed by atoms with Crippen LogP contribution in [0.2, 0.25) is 0 Å². The summed E-state index contributed by atoms with van der Waals surface area (Å²) in [7, 11) is 0. The average Bonchev–Trinajstić information content (AvgIpc) is 2.89. The summed E-state index contributed by atoms with van der Waals surface area (Å²) < 4.78 is 12.8. The van der Waals surface area contributed by atoms with Crippen LogP contribution in [0.3, 0.4) is 0 Å².